The first-order chi connectivity index (χ1) is 9.51. The van der Waals surface area contributed by atoms with Crippen LogP contribution in [0.15, 0.2) is 30.3 Å². The Labute approximate surface area is 129 Å². The first kappa shape index (κ1) is 15.1. The normalized spacial score (nSPS) is 10.9. The topological polar surface area (TPSA) is 22.1 Å². The molecule has 20 heavy (non-hydrogen) atoms. The van der Waals surface area contributed by atoms with Crippen LogP contribution in [0.3, 0.4) is 0 Å². The van der Waals surface area contributed by atoms with Crippen molar-refractivity contribution < 1.29 is 4.74 Å². The Bertz CT molecular complexity index is 611. The van der Waals surface area contributed by atoms with Gasteiger partial charge in [0.1, 0.15) is 5.75 Å². The number of ether oxygens (including phenoxy) is 1. The molecule has 0 aliphatic rings. The number of hydrogen-bond acceptors (Lipinski definition) is 2. The lowest BCUT2D eigenvalue weighted by Gasteiger charge is -2.12. The number of pyridine rings is 1. The molecule has 1 aromatic heterocycles. The molecule has 1 aromatic carbocycles. The lowest BCUT2D eigenvalue weighted by atomic mass is 10.0. The van der Waals surface area contributed by atoms with E-state index in [1.54, 1.807) is 12.1 Å². The summed E-state index contributed by atoms with van der Waals surface area (Å²) in [5, 5.41) is 0.556. The van der Waals surface area contributed by atoms with Crippen molar-refractivity contribution >= 4 is 23.2 Å². The molecule has 0 bridgehead atoms. The van der Waals surface area contributed by atoms with Gasteiger partial charge in [-0.2, -0.15) is 0 Å². The smallest absolute Gasteiger partial charge is 0.219 e. The van der Waals surface area contributed by atoms with E-state index in [4.69, 9.17) is 27.9 Å². The summed E-state index contributed by atoms with van der Waals surface area (Å²) in [5.41, 5.74) is 2.93. The summed E-state index contributed by atoms with van der Waals surface area (Å²) in [6, 6.07) is 9.73. The Morgan fingerprint density at radius 3 is 2.60 bits per heavy atom. The molecule has 0 saturated carbocycles. The van der Waals surface area contributed by atoms with Gasteiger partial charge in [-0.25, -0.2) is 4.98 Å². The number of aromatic nitrogens is 1. The highest BCUT2D eigenvalue weighted by atomic mass is 35.5. The van der Waals surface area contributed by atoms with Crippen molar-refractivity contribution in [2.45, 2.75) is 32.6 Å². The first-order valence-corrected chi connectivity index (χ1v) is 7.42. The summed E-state index contributed by atoms with van der Waals surface area (Å²) < 4.78 is 5.87. The number of hydrogen-bond donors (Lipinski definition) is 0. The van der Waals surface area contributed by atoms with Crippen molar-refractivity contribution in [2.24, 2.45) is 0 Å². The number of rotatable bonds is 4. The van der Waals surface area contributed by atoms with Crippen LogP contribution in [0.4, 0.5) is 0 Å². The SMILES string of the molecule is Cc1ccc(C(C)C)cc1Oc1ccc(Cl)c(CCl)n1. The van der Waals surface area contributed by atoms with E-state index in [1.807, 2.05) is 6.92 Å². The monoisotopic (exact) mass is 309 g/mol. The largest absolute Gasteiger partial charge is 0.439 e. The molecule has 0 amide bonds. The highest BCUT2D eigenvalue weighted by Gasteiger charge is 2.08. The molecular weight excluding hydrogens is 293 g/mol. The molecule has 0 radical (unpaired) electrons. The van der Waals surface area contributed by atoms with Crippen molar-refractivity contribution in [3.05, 3.63) is 52.2 Å². The summed E-state index contributed by atoms with van der Waals surface area (Å²) in [7, 11) is 0. The molecule has 2 rings (SSSR count). The number of halogens is 2. The fourth-order valence-electron chi connectivity index (χ4n) is 1.81. The van der Waals surface area contributed by atoms with Crippen LogP contribution in [-0.2, 0) is 5.88 Å². The Morgan fingerprint density at radius 1 is 1.20 bits per heavy atom. The molecule has 0 aliphatic carbocycles. The Kier molecular flexibility index (Phi) is 4.90. The van der Waals surface area contributed by atoms with Gasteiger partial charge in [-0.1, -0.05) is 37.6 Å². The van der Waals surface area contributed by atoms with Gasteiger partial charge in [-0.15, -0.1) is 11.6 Å². The molecule has 0 spiro atoms. The van der Waals surface area contributed by atoms with Crippen LogP contribution in [-0.4, -0.2) is 4.98 Å². The average molecular weight is 310 g/mol. The van der Waals surface area contributed by atoms with E-state index >= 15 is 0 Å². The minimum Gasteiger partial charge on any atom is -0.439 e. The standard InChI is InChI=1S/C16H17Cl2NO/c1-10(2)12-5-4-11(3)15(8-12)20-16-7-6-13(18)14(9-17)19-16/h4-8,10H,9H2,1-3H3. The second kappa shape index (κ2) is 6.47. The third kappa shape index (κ3) is 3.44. The van der Waals surface area contributed by atoms with E-state index in [9.17, 15) is 0 Å². The van der Waals surface area contributed by atoms with Crippen LogP contribution in [0.2, 0.25) is 5.02 Å². The van der Waals surface area contributed by atoms with Crippen LogP contribution < -0.4 is 4.74 Å². The lowest BCUT2D eigenvalue weighted by Crippen LogP contribution is -1.96. The molecule has 2 nitrogen and oxygen atoms in total. The molecular formula is C16H17Cl2NO. The van der Waals surface area contributed by atoms with Crippen LogP contribution in [0.1, 0.15) is 36.6 Å². The van der Waals surface area contributed by atoms with E-state index in [0.29, 0.717) is 22.5 Å². The lowest BCUT2D eigenvalue weighted by molar-refractivity contribution is 0.457. The van der Waals surface area contributed by atoms with Gasteiger partial charge in [0.2, 0.25) is 5.88 Å². The molecule has 0 unspecified atom stereocenters. The maximum Gasteiger partial charge on any atom is 0.219 e. The van der Waals surface area contributed by atoms with Crippen molar-refractivity contribution in [3.8, 4) is 11.6 Å². The molecule has 2 aromatic rings. The summed E-state index contributed by atoms with van der Waals surface area (Å²) >= 11 is 11.8. The van der Waals surface area contributed by atoms with Gasteiger partial charge in [-0.05, 0) is 36.1 Å². The number of aryl methyl sites for hydroxylation is 1. The van der Waals surface area contributed by atoms with E-state index in [0.717, 1.165) is 11.3 Å². The third-order valence-electron chi connectivity index (χ3n) is 3.11. The van der Waals surface area contributed by atoms with Crippen LogP contribution in [0.25, 0.3) is 0 Å². The fourth-order valence-corrected chi connectivity index (χ4v) is 2.26. The van der Waals surface area contributed by atoms with E-state index < -0.39 is 0 Å². The zero-order chi connectivity index (χ0) is 14.7. The van der Waals surface area contributed by atoms with Gasteiger partial charge in [0, 0.05) is 6.07 Å². The minimum atomic E-state index is 0.265. The van der Waals surface area contributed by atoms with Gasteiger partial charge >= 0.3 is 0 Å². The van der Waals surface area contributed by atoms with Crippen LogP contribution >= 0.6 is 23.2 Å². The molecule has 0 N–H and O–H groups in total. The van der Waals surface area contributed by atoms with Crippen molar-refractivity contribution in [3.63, 3.8) is 0 Å². The van der Waals surface area contributed by atoms with Gasteiger partial charge in [0.05, 0.1) is 16.6 Å². The Balaban J connectivity index is 2.32. The summed E-state index contributed by atoms with van der Waals surface area (Å²) in [6.45, 7) is 6.32. The second-order valence-electron chi connectivity index (χ2n) is 4.99. The molecule has 1 heterocycles. The zero-order valence-corrected chi connectivity index (χ0v) is 13.3. The highest BCUT2D eigenvalue weighted by Crippen LogP contribution is 2.29. The van der Waals surface area contributed by atoms with E-state index in [2.05, 4.69) is 37.0 Å². The Hall–Kier alpha value is -1.25. The zero-order valence-electron chi connectivity index (χ0n) is 11.8. The van der Waals surface area contributed by atoms with Crippen LogP contribution in [0.5, 0.6) is 11.6 Å². The number of alkyl halides is 1. The quantitative estimate of drug-likeness (QED) is 0.676. The van der Waals surface area contributed by atoms with Crippen molar-refractivity contribution in [2.75, 3.05) is 0 Å². The second-order valence-corrected chi connectivity index (χ2v) is 5.67. The van der Waals surface area contributed by atoms with Gasteiger partial charge in [-0.3, -0.25) is 0 Å². The summed E-state index contributed by atoms with van der Waals surface area (Å²) in [5.74, 6) is 2.04. The number of benzene rings is 1. The average Bonchev–Trinajstić information content (AvgIpc) is 2.43. The highest BCUT2D eigenvalue weighted by molar-refractivity contribution is 6.32. The van der Waals surface area contributed by atoms with Crippen molar-refractivity contribution in [1.29, 1.82) is 0 Å². The molecule has 0 fully saturated rings. The predicted molar refractivity (Wildman–Crippen MR) is 84.1 cm³/mol. The maximum absolute atomic E-state index is 5.99. The van der Waals surface area contributed by atoms with Crippen molar-refractivity contribution in [1.82, 2.24) is 4.98 Å². The predicted octanol–water partition coefficient (Wildman–Crippen LogP) is 5.70. The molecule has 0 atom stereocenters. The fraction of sp³-hybridized carbons (Fsp3) is 0.312. The third-order valence-corrected chi connectivity index (χ3v) is 3.71. The maximum atomic E-state index is 5.99. The molecule has 0 aliphatic heterocycles. The molecule has 0 saturated heterocycles. The van der Waals surface area contributed by atoms with Gasteiger partial charge < -0.3 is 4.74 Å². The summed E-state index contributed by atoms with van der Waals surface area (Å²) in [4.78, 5) is 4.32. The van der Waals surface area contributed by atoms with Crippen LogP contribution in [0, 0.1) is 6.92 Å². The molecule has 106 valence electrons. The number of nitrogens with zero attached hydrogens (tertiary/aromatic N) is 1. The first-order valence-electron chi connectivity index (χ1n) is 6.51. The molecule has 4 heteroatoms. The Morgan fingerprint density at radius 2 is 1.95 bits per heavy atom. The minimum absolute atomic E-state index is 0.265. The van der Waals surface area contributed by atoms with E-state index in [-0.39, 0.29) is 5.88 Å². The van der Waals surface area contributed by atoms with E-state index in [1.165, 1.54) is 5.56 Å². The van der Waals surface area contributed by atoms with Gasteiger partial charge in [0.15, 0.2) is 0 Å². The van der Waals surface area contributed by atoms with Gasteiger partial charge in [0.25, 0.3) is 0 Å². The summed E-state index contributed by atoms with van der Waals surface area (Å²) in [6.07, 6.45) is 0.